The van der Waals surface area contributed by atoms with Gasteiger partial charge in [-0.05, 0) is 49.6 Å². The van der Waals surface area contributed by atoms with Crippen LogP contribution in [-0.4, -0.2) is 23.0 Å². The highest BCUT2D eigenvalue weighted by Gasteiger charge is 2.19. The van der Waals surface area contributed by atoms with Gasteiger partial charge in [-0.1, -0.05) is 43.5 Å². The smallest absolute Gasteiger partial charge is 0.241 e. The Morgan fingerprint density at radius 2 is 1.86 bits per heavy atom. The van der Waals surface area contributed by atoms with Gasteiger partial charge in [-0.25, -0.2) is 4.98 Å². The molecule has 3 aromatic rings. The third kappa shape index (κ3) is 4.78. The lowest BCUT2D eigenvalue weighted by molar-refractivity contribution is -0.118. The maximum atomic E-state index is 12.5. The largest absolute Gasteiger partial charge is 0.325 e. The topological polar surface area (TPSA) is 54.0 Å². The predicted octanol–water partition coefficient (Wildman–Crippen LogP) is 5.14. The molecule has 1 saturated carbocycles. The molecule has 2 N–H and O–H groups in total. The maximum Gasteiger partial charge on any atom is 0.241 e. The van der Waals surface area contributed by atoms with E-state index in [0.29, 0.717) is 6.04 Å². The molecule has 28 heavy (non-hydrogen) atoms. The van der Waals surface area contributed by atoms with Crippen molar-refractivity contribution in [3.05, 3.63) is 59.1 Å². The lowest BCUT2D eigenvalue weighted by atomic mass is 9.95. The number of hydrogen-bond donors (Lipinski definition) is 2. The van der Waals surface area contributed by atoms with E-state index in [0.717, 1.165) is 22.6 Å². The Hall–Kier alpha value is -2.24. The molecule has 0 unspecified atom stereocenters. The molecule has 4 nitrogen and oxygen atoms in total. The molecule has 1 aliphatic rings. The minimum atomic E-state index is -0.175. The number of carbonyl (C=O) groups is 1. The molecule has 1 aromatic heterocycles. The first-order chi connectivity index (χ1) is 13.7. The number of hydrogen-bond acceptors (Lipinski definition) is 4. The lowest BCUT2D eigenvalue weighted by Gasteiger charge is -2.26. The van der Waals surface area contributed by atoms with E-state index in [4.69, 9.17) is 4.98 Å². The number of para-hydroxylation sites is 1. The summed E-state index contributed by atoms with van der Waals surface area (Å²) in [6.07, 6.45) is 7.02. The van der Waals surface area contributed by atoms with Gasteiger partial charge in [-0.15, -0.1) is 11.3 Å². The van der Waals surface area contributed by atoms with Crippen LogP contribution in [0.1, 0.15) is 49.6 Å². The zero-order chi connectivity index (χ0) is 19.3. The van der Waals surface area contributed by atoms with Crippen LogP contribution in [0.5, 0.6) is 0 Å². The first-order valence-corrected chi connectivity index (χ1v) is 11.0. The minimum absolute atomic E-state index is 0.0319. The summed E-state index contributed by atoms with van der Waals surface area (Å²) in [5, 5.41) is 7.62. The van der Waals surface area contributed by atoms with Gasteiger partial charge in [0.05, 0.1) is 21.3 Å². The van der Waals surface area contributed by atoms with E-state index in [1.165, 1.54) is 42.4 Å². The molecule has 0 aliphatic heterocycles. The second kappa shape index (κ2) is 8.84. The van der Waals surface area contributed by atoms with Gasteiger partial charge >= 0.3 is 0 Å². The molecule has 0 spiro atoms. The van der Waals surface area contributed by atoms with Gasteiger partial charge in [0, 0.05) is 18.2 Å². The molecule has 1 amide bonds. The summed E-state index contributed by atoms with van der Waals surface area (Å²) in [5.74, 6) is 0.0319. The monoisotopic (exact) mass is 393 g/mol. The van der Waals surface area contributed by atoms with Crippen LogP contribution < -0.4 is 10.6 Å². The number of benzene rings is 2. The molecular formula is C23H27N3OS. The van der Waals surface area contributed by atoms with Crippen molar-refractivity contribution >= 4 is 33.1 Å². The maximum absolute atomic E-state index is 12.5. The summed E-state index contributed by atoms with van der Waals surface area (Å²) < 4.78 is 1.22. The normalized spacial score (nSPS) is 16.2. The molecular weight excluding hydrogens is 366 g/mol. The Labute approximate surface area is 170 Å². The van der Waals surface area contributed by atoms with Crippen molar-refractivity contribution < 1.29 is 4.79 Å². The number of fused-ring (bicyclic) bond motifs is 1. The summed E-state index contributed by atoms with van der Waals surface area (Å²) in [6, 6.07) is 16.6. The van der Waals surface area contributed by atoms with E-state index in [-0.39, 0.29) is 11.9 Å². The summed E-state index contributed by atoms with van der Waals surface area (Å²) in [4.78, 5) is 17.2. The van der Waals surface area contributed by atoms with Gasteiger partial charge < -0.3 is 10.6 Å². The molecule has 1 fully saturated rings. The van der Waals surface area contributed by atoms with Crippen molar-refractivity contribution in [3.63, 3.8) is 0 Å². The van der Waals surface area contributed by atoms with E-state index in [1.54, 1.807) is 11.3 Å². The first kappa shape index (κ1) is 19.1. The van der Waals surface area contributed by atoms with Crippen LogP contribution in [0, 0.1) is 0 Å². The number of aromatic nitrogens is 1. The Morgan fingerprint density at radius 1 is 1.11 bits per heavy atom. The summed E-state index contributed by atoms with van der Waals surface area (Å²) in [7, 11) is 0. The number of nitrogens with one attached hydrogen (secondary N) is 2. The van der Waals surface area contributed by atoms with Crippen LogP contribution in [0.3, 0.4) is 0 Å². The molecule has 1 atom stereocenters. The highest BCUT2D eigenvalue weighted by molar-refractivity contribution is 7.18. The molecule has 0 radical (unpaired) electrons. The average molecular weight is 394 g/mol. The number of rotatable bonds is 6. The summed E-state index contributed by atoms with van der Waals surface area (Å²) in [6.45, 7) is 1.95. The summed E-state index contributed by atoms with van der Waals surface area (Å²) >= 11 is 1.74. The Balaban J connectivity index is 1.32. The number of carbonyl (C=O) groups excluding carboxylic acids is 1. The zero-order valence-corrected chi connectivity index (χ0v) is 17.1. The van der Waals surface area contributed by atoms with Gasteiger partial charge in [0.25, 0.3) is 0 Å². The molecule has 5 heteroatoms. The number of nitrogens with zero attached hydrogens (tertiary/aromatic N) is 1. The molecule has 2 aromatic carbocycles. The highest BCUT2D eigenvalue weighted by atomic mass is 32.1. The number of amides is 1. The van der Waals surface area contributed by atoms with Crippen LogP contribution in [0.15, 0.2) is 48.5 Å². The standard InChI is InChI=1S/C23H27N3OS/c1-16(24-18-7-3-2-4-8-18)23(27)25-19-13-11-17(12-14-19)15-22-26-20-9-5-6-10-21(20)28-22/h5-6,9-14,16,18,24H,2-4,7-8,15H2,1H3,(H,25,27)/t16-/m0/s1. The molecule has 0 saturated heterocycles. The molecule has 1 heterocycles. The predicted molar refractivity (Wildman–Crippen MR) is 117 cm³/mol. The van der Waals surface area contributed by atoms with Crippen molar-refractivity contribution in [2.45, 2.75) is 57.5 Å². The van der Waals surface area contributed by atoms with Gasteiger partial charge in [-0.3, -0.25) is 4.79 Å². The highest BCUT2D eigenvalue weighted by Crippen LogP contribution is 2.24. The average Bonchev–Trinajstić information content (AvgIpc) is 3.12. The van der Waals surface area contributed by atoms with Crippen LogP contribution in [0.2, 0.25) is 0 Å². The van der Waals surface area contributed by atoms with Crippen molar-refractivity contribution in [1.29, 1.82) is 0 Å². The fraction of sp³-hybridized carbons (Fsp3) is 0.391. The van der Waals surface area contributed by atoms with Crippen molar-refractivity contribution in [1.82, 2.24) is 10.3 Å². The Morgan fingerprint density at radius 3 is 2.61 bits per heavy atom. The van der Waals surface area contributed by atoms with Gasteiger partial charge in [0.15, 0.2) is 0 Å². The molecule has 4 rings (SSSR count). The molecule has 1 aliphatic carbocycles. The third-order valence-electron chi connectivity index (χ3n) is 5.40. The van der Waals surface area contributed by atoms with Gasteiger partial charge in [-0.2, -0.15) is 0 Å². The van der Waals surface area contributed by atoms with E-state index in [2.05, 4.69) is 34.9 Å². The molecule has 0 bridgehead atoms. The fourth-order valence-electron chi connectivity index (χ4n) is 3.83. The number of anilines is 1. The lowest BCUT2D eigenvalue weighted by Crippen LogP contribution is -2.44. The Bertz CT molecular complexity index is 895. The van der Waals surface area contributed by atoms with E-state index in [9.17, 15) is 4.79 Å². The summed E-state index contributed by atoms with van der Waals surface area (Å²) in [5.41, 5.74) is 3.10. The van der Waals surface area contributed by atoms with Gasteiger partial charge in [0.2, 0.25) is 5.91 Å². The third-order valence-corrected chi connectivity index (χ3v) is 6.44. The van der Waals surface area contributed by atoms with Gasteiger partial charge in [0.1, 0.15) is 0 Å². The minimum Gasteiger partial charge on any atom is -0.325 e. The van der Waals surface area contributed by atoms with Crippen molar-refractivity contribution in [2.75, 3.05) is 5.32 Å². The number of thiazole rings is 1. The zero-order valence-electron chi connectivity index (χ0n) is 16.3. The van der Waals surface area contributed by atoms with E-state index >= 15 is 0 Å². The molecule has 146 valence electrons. The van der Waals surface area contributed by atoms with Crippen LogP contribution in [0.25, 0.3) is 10.2 Å². The fourth-order valence-corrected chi connectivity index (χ4v) is 4.83. The van der Waals surface area contributed by atoms with E-state index < -0.39 is 0 Å². The second-order valence-electron chi connectivity index (χ2n) is 7.66. The van der Waals surface area contributed by atoms with Crippen LogP contribution in [0.4, 0.5) is 5.69 Å². The van der Waals surface area contributed by atoms with Crippen LogP contribution >= 0.6 is 11.3 Å². The first-order valence-electron chi connectivity index (χ1n) is 10.2. The van der Waals surface area contributed by atoms with Crippen LogP contribution in [-0.2, 0) is 11.2 Å². The SMILES string of the molecule is C[C@H](NC1CCCCC1)C(=O)Nc1ccc(Cc2nc3ccccc3s2)cc1. The quantitative estimate of drug-likeness (QED) is 0.610. The van der Waals surface area contributed by atoms with Crippen molar-refractivity contribution in [3.8, 4) is 0 Å². The Kier molecular flexibility index (Phi) is 6.03. The van der Waals surface area contributed by atoms with E-state index in [1.807, 2.05) is 31.2 Å². The van der Waals surface area contributed by atoms with Crippen molar-refractivity contribution in [2.24, 2.45) is 0 Å². The second-order valence-corrected chi connectivity index (χ2v) is 8.78.